The van der Waals surface area contributed by atoms with Crippen molar-refractivity contribution in [2.24, 2.45) is 0 Å². The number of carbonyl (C=O) groups excluding carboxylic acids is 3. The Morgan fingerprint density at radius 3 is 0.782 bits per heavy atom. The minimum atomic E-state index is -0.772. The minimum Gasteiger partial charge on any atom is -0.462 e. The molecule has 1 unspecified atom stereocenters. The number of carbonyl (C=O) groups is 3. The Bertz CT molecular complexity index is 1480. The predicted molar refractivity (Wildman–Crippen MR) is 339 cm³/mol. The topological polar surface area (TPSA) is 78.9 Å². The molecule has 1 atom stereocenters. The SMILES string of the molecule is CC/C=C\C/C=C\C/C=C\C/C=C\C/C=C\C/C=C\C/C=C\CCCCCCCCCCCCCC(=O)OCC(COC(=O)CCCCCCC)OC(=O)CCCCCCCCCCCCCCCCCCCCCCCC. The second-order valence-corrected chi connectivity index (χ2v) is 22.4. The summed E-state index contributed by atoms with van der Waals surface area (Å²) in [5.74, 6) is -0.875. The lowest BCUT2D eigenvalue weighted by atomic mass is 10.0. The average Bonchev–Trinajstić information content (AvgIpc) is 3.44. The van der Waals surface area contributed by atoms with E-state index in [9.17, 15) is 14.4 Å². The molecule has 0 aromatic rings. The number of unbranched alkanes of at least 4 members (excludes halogenated alkanes) is 36. The van der Waals surface area contributed by atoms with Crippen LogP contribution in [0.3, 0.4) is 0 Å². The van der Waals surface area contributed by atoms with Crippen LogP contribution >= 0.6 is 0 Å². The van der Waals surface area contributed by atoms with E-state index in [1.807, 2.05) is 0 Å². The molecule has 0 aliphatic heterocycles. The number of hydrogen-bond acceptors (Lipinski definition) is 6. The van der Waals surface area contributed by atoms with E-state index in [1.165, 1.54) is 186 Å². The summed E-state index contributed by atoms with van der Waals surface area (Å²) in [5.41, 5.74) is 0. The van der Waals surface area contributed by atoms with E-state index in [4.69, 9.17) is 14.2 Å². The van der Waals surface area contributed by atoms with Crippen LogP contribution in [0.2, 0.25) is 0 Å². The van der Waals surface area contributed by atoms with Gasteiger partial charge < -0.3 is 14.2 Å². The molecule has 0 heterocycles. The van der Waals surface area contributed by atoms with Crippen LogP contribution in [0.15, 0.2) is 85.1 Å². The van der Waals surface area contributed by atoms with E-state index < -0.39 is 6.10 Å². The van der Waals surface area contributed by atoms with Gasteiger partial charge in [-0.1, -0.05) is 324 Å². The highest BCUT2D eigenvalue weighted by Crippen LogP contribution is 2.17. The maximum Gasteiger partial charge on any atom is 0.306 e. The summed E-state index contributed by atoms with van der Waals surface area (Å²) in [5, 5.41) is 0. The molecule has 0 bridgehead atoms. The molecule has 0 aliphatic carbocycles. The molecule has 0 saturated heterocycles. The molecule has 0 amide bonds. The average molecular weight is 1090 g/mol. The van der Waals surface area contributed by atoms with Gasteiger partial charge in [0.25, 0.3) is 0 Å². The molecule has 0 spiro atoms. The van der Waals surface area contributed by atoms with Crippen molar-refractivity contribution in [1.29, 1.82) is 0 Å². The van der Waals surface area contributed by atoms with E-state index in [2.05, 4.69) is 106 Å². The smallest absolute Gasteiger partial charge is 0.306 e. The Hall–Kier alpha value is -3.41. The van der Waals surface area contributed by atoms with Crippen molar-refractivity contribution < 1.29 is 28.6 Å². The zero-order chi connectivity index (χ0) is 56.4. The van der Waals surface area contributed by atoms with E-state index in [1.54, 1.807) is 0 Å². The normalized spacial score (nSPS) is 12.6. The number of hydrogen-bond donors (Lipinski definition) is 0. The lowest BCUT2D eigenvalue weighted by molar-refractivity contribution is -0.167. The quantitative estimate of drug-likeness (QED) is 0.0261. The van der Waals surface area contributed by atoms with Crippen LogP contribution in [0.5, 0.6) is 0 Å². The van der Waals surface area contributed by atoms with Gasteiger partial charge in [0, 0.05) is 19.3 Å². The highest BCUT2D eigenvalue weighted by molar-refractivity contribution is 5.71. The van der Waals surface area contributed by atoms with E-state index in [0.717, 1.165) is 109 Å². The van der Waals surface area contributed by atoms with E-state index in [0.29, 0.717) is 19.3 Å². The fourth-order valence-corrected chi connectivity index (χ4v) is 9.66. The van der Waals surface area contributed by atoms with Crippen molar-refractivity contribution in [3.63, 3.8) is 0 Å². The van der Waals surface area contributed by atoms with Crippen molar-refractivity contribution in [1.82, 2.24) is 0 Å². The van der Waals surface area contributed by atoms with Gasteiger partial charge >= 0.3 is 17.9 Å². The van der Waals surface area contributed by atoms with E-state index >= 15 is 0 Å². The Kier molecular flexibility index (Phi) is 63.2. The molecule has 0 aliphatic rings. The van der Waals surface area contributed by atoms with Crippen molar-refractivity contribution in [3.8, 4) is 0 Å². The molecule has 450 valence electrons. The second-order valence-electron chi connectivity index (χ2n) is 22.4. The summed E-state index contributed by atoms with van der Waals surface area (Å²) in [6.07, 6.45) is 88.0. The number of esters is 3. The van der Waals surface area contributed by atoms with Crippen LogP contribution in [-0.4, -0.2) is 37.2 Å². The molecule has 0 aromatic carbocycles. The molecule has 6 heteroatoms. The van der Waals surface area contributed by atoms with Gasteiger partial charge in [0.15, 0.2) is 6.10 Å². The molecular weight excluding hydrogens is 961 g/mol. The van der Waals surface area contributed by atoms with Crippen molar-refractivity contribution in [2.45, 2.75) is 341 Å². The predicted octanol–water partition coefficient (Wildman–Crippen LogP) is 23.1. The Morgan fingerprint density at radius 2 is 0.500 bits per heavy atom. The Labute approximate surface area is 484 Å². The first-order valence-corrected chi connectivity index (χ1v) is 33.6. The molecule has 0 radical (unpaired) electrons. The molecule has 78 heavy (non-hydrogen) atoms. The zero-order valence-electron chi connectivity index (χ0n) is 51.7. The maximum absolute atomic E-state index is 12.8. The monoisotopic (exact) mass is 1090 g/mol. The van der Waals surface area contributed by atoms with Gasteiger partial charge in [0.1, 0.15) is 13.2 Å². The lowest BCUT2D eigenvalue weighted by Crippen LogP contribution is -2.30. The zero-order valence-corrected chi connectivity index (χ0v) is 51.7. The van der Waals surface area contributed by atoms with Crippen LogP contribution < -0.4 is 0 Å². The number of allylic oxidation sites excluding steroid dienone is 14. The Balaban J connectivity index is 4.00. The van der Waals surface area contributed by atoms with Crippen molar-refractivity contribution in [2.75, 3.05) is 13.2 Å². The third kappa shape index (κ3) is 63.4. The molecule has 0 fully saturated rings. The molecule has 0 aromatic heterocycles. The first kappa shape index (κ1) is 74.6. The van der Waals surface area contributed by atoms with Gasteiger partial charge in [-0.15, -0.1) is 0 Å². The fourth-order valence-electron chi connectivity index (χ4n) is 9.66. The van der Waals surface area contributed by atoms with Crippen LogP contribution in [0, 0.1) is 0 Å². The highest BCUT2D eigenvalue weighted by atomic mass is 16.6. The molecule has 0 rings (SSSR count). The van der Waals surface area contributed by atoms with Gasteiger partial charge in [-0.2, -0.15) is 0 Å². The Morgan fingerprint density at radius 1 is 0.269 bits per heavy atom. The first-order valence-electron chi connectivity index (χ1n) is 33.6. The summed E-state index contributed by atoms with van der Waals surface area (Å²) in [6.45, 7) is 6.48. The van der Waals surface area contributed by atoms with Gasteiger partial charge in [0.05, 0.1) is 0 Å². The summed E-state index contributed by atoms with van der Waals surface area (Å²) in [4.78, 5) is 38.0. The third-order valence-electron chi connectivity index (χ3n) is 14.7. The minimum absolute atomic E-state index is 0.0736. The van der Waals surface area contributed by atoms with Gasteiger partial charge in [0.2, 0.25) is 0 Å². The maximum atomic E-state index is 12.8. The summed E-state index contributed by atoms with van der Waals surface area (Å²) in [6, 6.07) is 0. The molecule has 0 N–H and O–H groups in total. The van der Waals surface area contributed by atoms with Gasteiger partial charge in [-0.05, 0) is 77.0 Å². The largest absolute Gasteiger partial charge is 0.462 e. The third-order valence-corrected chi connectivity index (χ3v) is 14.7. The summed E-state index contributed by atoms with van der Waals surface area (Å²) >= 11 is 0. The lowest BCUT2D eigenvalue weighted by Gasteiger charge is -2.18. The number of rotatable bonds is 61. The summed E-state index contributed by atoms with van der Waals surface area (Å²) in [7, 11) is 0. The van der Waals surface area contributed by atoms with Crippen LogP contribution in [0.1, 0.15) is 335 Å². The van der Waals surface area contributed by atoms with Gasteiger partial charge in [-0.3, -0.25) is 14.4 Å². The molecule has 6 nitrogen and oxygen atoms in total. The second kappa shape index (κ2) is 66.1. The van der Waals surface area contributed by atoms with E-state index in [-0.39, 0.29) is 31.1 Å². The van der Waals surface area contributed by atoms with Crippen LogP contribution in [0.4, 0.5) is 0 Å². The van der Waals surface area contributed by atoms with Gasteiger partial charge in [-0.25, -0.2) is 0 Å². The fraction of sp³-hybridized carbons (Fsp3) is 0.764. The van der Waals surface area contributed by atoms with Crippen LogP contribution in [0.25, 0.3) is 0 Å². The number of ether oxygens (including phenoxy) is 3. The van der Waals surface area contributed by atoms with Crippen molar-refractivity contribution >= 4 is 17.9 Å². The molecular formula is C72H126O6. The first-order chi connectivity index (χ1) is 38.5. The summed E-state index contributed by atoms with van der Waals surface area (Å²) < 4.78 is 16.8. The highest BCUT2D eigenvalue weighted by Gasteiger charge is 2.19. The van der Waals surface area contributed by atoms with Crippen molar-refractivity contribution in [3.05, 3.63) is 85.1 Å². The molecule has 0 saturated carbocycles. The van der Waals surface area contributed by atoms with Crippen LogP contribution in [-0.2, 0) is 28.6 Å². The standard InChI is InChI=1S/C72H126O6/c1-4-7-10-13-15-17-19-21-23-25-27-29-31-32-33-34-35-36-37-38-39-40-41-43-44-46-48-50-52-54-56-59-62-65-71(74)77-68-69(67-76-70(73)64-61-58-12-9-6-3)78-72(75)66-63-60-57-55-53-51-49-47-45-42-30-28-26-24-22-20-18-16-14-11-8-5-2/h7,10,15,17,21,23,27,29,32-33,35-36,38-39,69H,4-6,8-9,11-14,16,18-20,22,24-26,28,30-31,34,37,40-68H2,1-3H3/b10-7-,17-15-,23-21-,29-27-,33-32-,36-35-,39-38-.